The number of methoxy groups -OCH3 is 1. The van der Waals surface area contributed by atoms with Gasteiger partial charge < -0.3 is 9.29 Å². The number of benzene rings is 1. The van der Waals surface area contributed by atoms with E-state index in [1.54, 1.807) is 0 Å². The van der Waals surface area contributed by atoms with Crippen molar-refractivity contribution in [3.63, 3.8) is 0 Å². The molecule has 0 radical (unpaired) electrons. The molecule has 0 N–H and O–H groups in total. The van der Waals surface area contributed by atoms with Crippen molar-refractivity contribution >= 4 is 16.1 Å². The Morgan fingerprint density at radius 1 is 1.31 bits per heavy atom. The Hall–Kier alpha value is -0.400. The number of carbonyl (C=O) groups is 1. The van der Waals surface area contributed by atoms with Crippen LogP contribution in [0.3, 0.4) is 0 Å². The fourth-order valence-electron chi connectivity index (χ4n) is 1.06. The molecule has 0 heterocycles. The van der Waals surface area contributed by atoms with Crippen LogP contribution in [0.25, 0.3) is 0 Å². The average Bonchev–Trinajstić information content (AvgIpc) is 2.15. The van der Waals surface area contributed by atoms with Crippen LogP contribution in [0.2, 0.25) is 0 Å². The van der Waals surface area contributed by atoms with Crippen molar-refractivity contribution in [3.8, 4) is 0 Å². The molecule has 0 amide bonds. The molecule has 0 bridgehead atoms. The number of hydrogen-bond donors (Lipinski definition) is 0. The van der Waals surface area contributed by atoms with Crippen molar-refractivity contribution in [1.29, 1.82) is 0 Å². The third kappa shape index (κ3) is 5.09. The summed E-state index contributed by atoms with van der Waals surface area (Å²) in [6, 6.07) is 5.63. The number of ether oxygens (including phenoxy) is 1. The number of rotatable bonds is 3. The van der Waals surface area contributed by atoms with Crippen LogP contribution in [-0.2, 0) is 20.6 Å². The predicted molar refractivity (Wildman–Crippen MR) is 51.2 cm³/mol. The van der Waals surface area contributed by atoms with E-state index in [2.05, 4.69) is 4.74 Å². The quantitative estimate of drug-likeness (QED) is 0.338. The summed E-state index contributed by atoms with van der Waals surface area (Å²) in [4.78, 5) is 11.0. The number of carbonyl (C=O) groups excluding carboxylic acids is 1. The molecule has 0 aliphatic rings. The summed E-state index contributed by atoms with van der Waals surface area (Å²) in [5.74, 6) is -1.08. The van der Waals surface area contributed by atoms with Crippen molar-refractivity contribution in [2.45, 2.75) is 5.75 Å². The first-order valence-corrected chi connectivity index (χ1v) is 5.61. The molecule has 5 nitrogen and oxygen atoms in total. The van der Waals surface area contributed by atoms with E-state index >= 15 is 0 Å². The summed E-state index contributed by atoms with van der Waals surface area (Å²) in [5.41, 5.74) is 0.655. The Kier molecular flexibility index (Phi) is 6.20. The molecule has 0 atom stereocenters. The maximum atomic E-state index is 11.0. The number of esters is 1. The number of hydrogen-bond acceptors (Lipinski definition) is 5. The second-order valence-electron chi connectivity index (χ2n) is 2.89. The fraction of sp³-hybridized carbons (Fsp3) is 0.222. The predicted octanol–water partition coefficient (Wildman–Crippen LogP) is -2.48. The van der Waals surface area contributed by atoms with Crippen molar-refractivity contribution in [2.75, 3.05) is 7.11 Å². The molecule has 82 valence electrons. The van der Waals surface area contributed by atoms with Crippen LogP contribution in [0.15, 0.2) is 24.3 Å². The van der Waals surface area contributed by atoms with Gasteiger partial charge in [-0.15, -0.1) is 0 Å². The minimum Gasteiger partial charge on any atom is -0.748 e. The zero-order valence-corrected chi connectivity index (χ0v) is 11.8. The second-order valence-corrected chi connectivity index (χ2v) is 4.29. The Balaban J connectivity index is 0.00000225. The van der Waals surface area contributed by atoms with Crippen molar-refractivity contribution < 1.29 is 52.1 Å². The maximum absolute atomic E-state index is 11.0. The molecule has 1 rings (SSSR count). The van der Waals surface area contributed by atoms with Gasteiger partial charge in [-0.1, -0.05) is 12.1 Å². The van der Waals surface area contributed by atoms with Crippen LogP contribution in [0, 0.1) is 0 Å². The fourth-order valence-corrected chi connectivity index (χ4v) is 1.66. The van der Waals surface area contributed by atoms with Crippen LogP contribution < -0.4 is 29.6 Å². The van der Waals surface area contributed by atoms with Gasteiger partial charge in [0.15, 0.2) is 0 Å². The second kappa shape index (κ2) is 6.36. The van der Waals surface area contributed by atoms with Crippen LogP contribution in [0.4, 0.5) is 0 Å². The van der Waals surface area contributed by atoms with Crippen LogP contribution >= 0.6 is 0 Å². The van der Waals surface area contributed by atoms with Crippen molar-refractivity contribution in [1.82, 2.24) is 0 Å². The van der Waals surface area contributed by atoms with E-state index in [1.165, 1.54) is 31.4 Å². The van der Waals surface area contributed by atoms with Gasteiger partial charge in [-0.25, -0.2) is 13.2 Å². The van der Waals surface area contributed by atoms with Gasteiger partial charge in [0.05, 0.1) is 28.5 Å². The summed E-state index contributed by atoms with van der Waals surface area (Å²) >= 11 is 0. The largest absolute Gasteiger partial charge is 1.00 e. The minimum absolute atomic E-state index is 0. The van der Waals surface area contributed by atoms with Crippen molar-refractivity contribution in [2.24, 2.45) is 0 Å². The maximum Gasteiger partial charge on any atom is 1.00 e. The Morgan fingerprint density at radius 3 is 2.19 bits per heavy atom. The zero-order valence-electron chi connectivity index (χ0n) is 8.97. The molecule has 16 heavy (non-hydrogen) atoms. The van der Waals surface area contributed by atoms with Gasteiger partial charge >= 0.3 is 35.5 Å². The van der Waals surface area contributed by atoms with Crippen LogP contribution in [0.5, 0.6) is 0 Å². The van der Waals surface area contributed by atoms with E-state index in [0.29, 0.717) is 11.1 Å². The molecule has 0 saturated heterocycles. The normalized spacial score (nSPS) is 10.4. The molecule has 1 aromatic carbocycles. The van der Waals surface area contributed by atoms with Gasteiger partial charge in [-0.3, -0.25) is 0 Å². The van der Waals surface area contributed by atoms with Gasteiger partial charge in [0.1, 0.15) is 0 Å². The topological polar surface area (TPSA) is 83.5 Å². The van der Waals surface area contributed by atoms with E-state index in [-0.39, 0.29) is 29.6 Å². The molecular formula is C9H9NaO5S. The van der Waals surface area contributed by atoms with Crippen LogP contribution in [-0.4, -0.2) is 26.0 Å². The molecule has 0 unspecified atom stereocenters. The third-order valence-electron chi connectivity index (χ3n) is 1.72. The molecule has 0 saturated carbocycles. The van der Waals surface area contributed by atoms with Gasteiger partial charge in [0, 0.05) is 0 Å². The third-order valence-corrected chi connectivity index (χ3v) is 2.41. The molecule has 7 heteroatoms. The molecule has 0 spiro atoms. The summed E-state index contributed by atoms with van der Waals surface area (Å²) in [6.07, 6.45) is 0. The molecule has 1 aromatic rings. The molecule has 0 aromatic heterocycles. The first-order chi connectivity index (χ1) is 6.92. The summed E-state index contributed by atoms with van der Waals surface area (Å²) < 4.78 is 35.7. The molecule has 0 aliphatic carbocycles. The van der Waals surface area contributed by atoms with Crippen LogP contribution in [0.1, 0.15) is 15.9 Å². The summed E-state index contributed by atoms with van der Waals surface area (Å²) in [7, 11) is -3.03. The van der Waals surface area contributed by atoms with E-state index in [1.807, 2.05) is 0 Å². The van der Waals surface area contributed by atoms with E-state index in [0.717, 1.165) is 0 Å². The average molecular weight is 252 g/mol. The summed E-state index contributed by atoms with van der Waals surface area (Å²) in [6.45, 7) is 0. The van der Waals surface area contributed by atoms with E-state index in [9.17, 15) is 17.8 Å². The van der Waals surface area contributed by atoms with Crippen molar-refractivity contribution in [3.05, 3.63) is 35.4 Å². The molecular weight excluding hydrogens is 243 g/mol. The van der Waals surface area contributed by atoms with E-state index in [4.69, 9.17) is 0 Å². The summed E-state index contributed by atoms with van der Waals surface area (Å²) in [5, 5.41) is 0. The minimum atomic E-state index is -4.28. The molecule has 0 aliphatic heterocycles. The Bertz CT molecular complexity index is 451. The van der Waals surface area contributed by atoms with Gasteiger partial charge in [-0.05, 0) is 17.7 Å². The standard InChI is InChI=1S/C9H10O5S.Na/c1-14-9(10)8-4-2-7(3-5-8)6-15(11,12)13;/h2-5H,6H2,1H3,(H,11,12,13);/q;+1/p-1. The monoisotopic (exact) mass is 252 g/mol. The first kappa shape index (κ1) is 15.6. The Morgan fingerprint density at radius 2 is 1.81 bits per heavy atom. The van der Waals surface area contributed by atoms with E-state index < -0.39 is 21.8 Å². The van der Waals surface area contributed by atoms with Gasteiger partial charge in [0.2, 0.25) is 0 Å². The molecule has 0 fully saturated rings. The zero-order chi connectivity index (χ0) is 11.5. The Labute approximate surface area is 116 Å². The first-order valence-electron chi connectivity index (χ1n) is 4.03. The van der Waals surface area contributed by atoms with Gasteiger partial charge in [-0.2, -0.15) is 0 Å². The van der Waals surface area contributed by atoms with Gasteiger partial charge in [0.25, 0.3) is 0 Å². The smallest absolute Gasteiger partial charge is 0.748 e. The SMILES string of the molecule is COC(=O)c1ccc(CS(=O)(=O)[O-])cc1.[Na+].